The summed E-state index contributed by atoms with van der Waals surface area (Å²) in [6.07, 6.45) is -10.2. The number of nitriles is 1. The van der Waals surface area contributed by atoms with Gasteiger partial charge in [-0.1, -0.05) is 115 Å². The van der Waals surface area contributed by atoms with Gasteiger partial charge in [0, 0.05) is 38.2 Å². The number of benzene rings is 9. The molecule has 0 saturated carbocycles. The minimum atomic E-state index is -5.11. The van der Waals surface area contributed by atoms with Crippen LogP contribution in [0, 0.1) is 25.2 Å². The molecule has 0 saturated heterocycles. The van der Waals surface area contributed by atoms with Crippen molar-refractivity contribution < 1.29 is 26.3 Å². The zero-order valence-corrected chi connectivity index (χ0v) is 36.5. The summed E-state index contributed by atoms with van der Waals surface area (Å²) in [7, 11) is 0. The van der Waals surface area contributed by atoms with Gasteiger partial charge in [0.25, 0.3) is 0 Å². The van der Waals surface area contributed by atoms with Gasteiger partial charge in [0.05, 0.1) is 56.2 Å². The Kier molecular flexibility index (Phi) is 9.90. The lowest BCUT2D eigenvalue weighted by Gasteiger charge is -2.22. The summed E-state index contributed by atoms with van der Waals surface area (Å²) in [5, 5.41) is 14.1. The van der Waals surface area contributed by atoms with Crippen molar-refractivity contribution in [3.8, 4) is 62.0 Å². The van der Waals surface area contributed by atoms with Crippen LogP contribution in [0.4, 0.5) is 26.3 Å². The van der Waals surface area contributed by atoms with E-state index < -0.39 is 29.0 Å². The van der Waals surface area contributed by atoms with E-state index in [1.807, 2.05) is 119 Å². The van der Waals surface area contributed by atoms with E-state index in [2.05, 4.69) is 43.3 Å². The summed E-state index contributed by atoms with van der Waals surface area (Å²) in [5.74, 6) is 0. The zero-order chi connectivity index (χ0) is 47.1. The van der Waals surface area contributed by atoms with Crippen LogP contribution >= 0.6 is 0 Å². The maximum atomic E-state index is 14.9. The standard InChI is InChI=1S/C59H37F6N3/c1-35-12-3-5-14-41(35)38-23-27-53-46(31-38)43-16-7-9-20-51(43)67(53)54-29-25-40(57-49(58(60,61)62)18-11-19-50(57)59(63,64)65)33-48(54)45-26-22-37(34-66)30-56(45)68-52-21-10-8-17-44(52)47-32-39(24-28-55(47)68)42-15-6-4-13-36(42)2/h3-33H,1-2H3. The Morgan fingerprint density at radius 1 is 0.382 bits per heavy atom. The van der Waals surface area contributed by atoms with Gasteiger partial charge in [0.15, 0.2) is 0 Å². The number of aromatic nitrogens is 2. The van der Waals surface area contributed by atoms with Gasteiger partial charge in [0.2, 0.25) is 0 Å². The van der Waals surface area contributed by atoms with Crippen LogP contribution in [0.25, 0.3) is 99.5 Å². The summed E-state index contributed by atoms with van der Waals surface area (Å²) >= 11 is 0. The number of para-hydroxylation sites is 2. The SMILES string of the molecule is Cc1ccccc1-c1ccc2c(c1)c1ccccc1n2-c1ccc(-c2c(C(F)(F)F)cccc2C(F)(F)F)cc1-c1ccc(C#N)cc1-n1c2ccccc2c2cc(-c3ccccc3C)ccc21. The van der Waals surface area contributed by atoms with Crippen LogP contribution in [0.5, 0.6) is 0 Å². The second-order valence-corrected chi connectivity index (χ2v) is 17.1. The maximum absolute atomic E-state index is 14.9. The van der Waals surface area contributed by atoms with Crippen molar-refractivity contribution in [3.63, 3.8) is 0 Å². The Morgan fingerprint density at radius 2 is 0.853 bits per heavy atom. The Balaban J connectivity index is 1.25. The van der Waals surface area contributed by atoms with Gasteiger partial charge in [-0.25, -0.2) is 0 Å². The topological polar surface area (TPSA) is 33.6 Å². The molecule has 0 aliphatic carbocycles. The maximum Gasteiger partial charge on any atom is 0.417 e. The van der Waals surface area contributed by atoms with Crippen LogP contribution in [-0.2, 0) is 12.4 Å². The Hall–Kier alpha value is -8.35. The van der Waals surface area contributed by atoms with Crippen LogP contribution in [0.2, 0.25) is 0 Å². The summed E-state index contributed by atoms with van der Waals surface area (Å²) in [6, 6.07) is 58.1. The first kappa shape index (κ1) is 42.3. The minimum Gasteiger partial charge on any atom is -0.309 e. The van der Waals surface area contributed by atoms with Gasteiger partial charge in [0.1, 0.15) is 0 Å². The van der Waals surface area contributed by atoms with Crippen molar-refractivity contribution in [3.05, 3.63) is 216 Å². The summed E-state index contributed by atoms with van der Waals surface area (Å²) in [4.78, 5) is 0. The molecule has 0 bridgehead atoms. The average molecular weight is 902 g/mol. The zero-order valence-electron chi connectivity index (χ0n) is 36.5. The first-order valence-electron chi connectivity index (χ1n) is 22.0. The van der Waals surface area contributed by atoms with E-state index in [1.54, 1.807) is 24.3 Å². The van der Waals surface area contributed by atoms with E-state index in [9.17, 15) is 31.6 Å². The first-order chi connectivity index (χ1) is 32.8. The fourth-order valence-corrected chi connectivity index (χ4v) is 10.0. The number of aryl methyl sites for hydroxylation is 2. The molecule has 0 spiro atoms. The molecule has 0 aliphatic rings. The molecule has 9 heteroatoms. The van der Waals surface area contributed by atoms with E-state index in [0.717, 1.165) is 83.1 Å². The molecule has 68 heavy (non-hydrogen) atoms. The third kappa shape index (κ3) is 6.91. The Labute approximate surface area is 387 Å². The van der Waals surface area contributed by atoms with Gasteiger partial charge in [-0.05, 0) is 126 Å². The van der Waals surface area contributed by atoms with E-state index in [4.69, 9.17) is 0 Å². The largest absolute Gasteiger partial charge is 0.417 e. The highest BCUT2D eigenvalue weighted by Gasteiger charge is 2.41. The Morgan fingerprint density at radius 3 is 1.37 bits per heavy atom. The van der Waals surface area contributed by atoms with Gasteiger partial charge >= 0.3 is 12.4 Å². The predicted molar refractivity (Wildman–Crippen MR) is 261 cm³/mol. The molecule has 0 N–H and O–H groups in total. The molecule has 0 atom stereocenters. The predicted octanol–water partition coefficient (Wildman–Crippen LogP) is 17.1. The second-order valence-electron chi connectivity index (χ2n) is 17.1. The van der Waals surface area contributed by atoms with Crippen LogP contribution in [-0.4, -0.2) is 9.13 Å². The molecule has 0 unspecified atom stereocenters. The van der Waals surface area contributed by atoms with Crippen molar-refractivity contribution >= 4 is 43.6 Å². The molecule has 3 nitrogen and oxygen atoms in total. The van der Waals surface area contributed by atoms with Crippen molar-refractivity contribution in [1.82, 2.24) is 9.13 Å². The number of halogens is 6. The van der Waals surface area contributed by atoms with Crippen LogP contribution in [0.1, 0.15) is 27.8 Å². The molecule has 0 radical (unpaired) electrons. The van der Waals surface area contributed by atoms with Gasteiger partial charge in [-0.2, -0.15) is 31.6 Å². The van der Waals surface area contributed by atoms with E-state index >= 15 is 0 Å². The number of nitrogens with zero attached hydrogens (tertiary/aromatic N) is 3. The van der Waals surface area contributed by atoms with Crippen LogP contribution in [0.3, 0.4) is 0 Å². The smallest absolute Gasteiger partial charge is 0.309 e. The lowest BCUT2D eigenvalue weighted by atomic mass is 9.90. The highest BCUT2D eigenvalue weighted by Crippen LogP contribution is 2.48. The molecule has 2 heterocycles. The third-order valence-electron chi connectivity index (χ3n) is 13.1. The van der Waals surface area contributed by atoms with Crippen LogP contribution < -0.4 is 0 Å². The number of hydrogen-bond donors (Lipinski definition) is 0. The molecule has 0 amide bonds. The van der Waals surface area contributed by atoms with E-state index in [0.29, 0.717) is 40.2 Å². The van der Waals surface area contributed by atoms with Gasteiger partial charge in [-0.15, -0.1) is 0 Å². The lowest BCUT2D eigenvalue weighted by molar-refractivity contribution is -0.142. The molecular formula is C59H37F6N3. The highest BCUT2D eigenvalue weighted by atomic mass is 19.4. The quantitative estimate of drug-likeness (QED) is 0.153. The van der Waals surface area contributed by atoms with Crippen molar-refractivity contribution in [2.45, 2.75) is 26.2 Å². The molecule has 330 valence electrons. The monoisotopic (exact) mass is 901 g/mol. The number of fused-ring (bicyclic) bond motifs is 6. The molecule has 11 aromatic rings. The Bertz CT molecular complexity index is 3850. The van der Waals surface area contributed by atoms with Crippen LogP contribution in [0.15, 0.2) is 188 Å². The highest BCUT2D eigenvalue weighted by molar-refractivity contribution is 6.13. The molecule has 2 aromatic heterocycles. The fraction of sp³-hybridized carbons (Fsp3) is 0.0678. The average Bonchev–Trinajstić information content (AvgIpc) is 3.85. The molecule has 0 aliphatic heterocycles. The summed E-state index contributed by atoms with van der Waals surface area (Å²) < 4.78 is 93.7. The lowest BCUT2D eigenvalue weighted by Crippen LogP contribution is -2.14. The fourth-order valence-electron chi connectivity index (χ4n) is 10.0. The summed E-state index contributed by atoms with van der Waals surface area (Å²) in [6.45, 7) is 4.10. The van der Waals surface area contributed by atoms with Gasteiger partial charge in [-0.3, -0.25) is 0 Å². The molecule has 0 fully saturated rings. The second kappa shape index (κ2) is 15.9. The number of hydrogen-bond acceptors (Lipinski definition) is 1. The summed E-state index contributed by atoms with van der Waals surface area (Å²) in [5.41, 5.74) is 7.55. The first-order valence-corrected chi connectivity index (χ1v) is 22.0. The molecular weight excluding hydrogens is 865 g/mol. The van der Waals surface area contributed by atoms with Crippen molar-refractivity contribution in [2.24, 2.45) is 0 Å². The van der Waals surface area contributed by atoms with Gasteiger partial charge < -0.3 is 9.13 Å². The normalized spacial score (nSPS) is 12.1. The number of rotatable bonds is 6. The molecule has 11 rings (SSSR count). The molecule has 9 aromatic carbocycles. The third-order valence-corrected chi connectivity index (χ3v) is 13.1. The van der Waals surface area contributed by atoms with Crippen molar-refractivity contribution in [1.29, 1.82) is 5.26 Å². The van der Waals surface area contributed by atoms with E-state index in [-0.39, 0.29) is 5.56 Å². The number of alkyl halides is 6. The minimum absolute atomic E-state index is 0.271. The van der Waals surface area contributed by atoms with E-state index in [1.165, 1.54) is 12.1 Å². The van der Waals surface area contributed by atoms with Crippen molar-refractivity contribution in [2.75, 3.05) is 0 Å².